The van der Waals surface area contributed by atoms with E-state index in [1.165, 1.54) is 64.2 Å². The van der Waals surface area contributed by atoms with Crippen molar-refractivity contribution in [3.8, 4) is 0 Å². The van der Waals surface area contributed by atoms with Gasteiger partial charge >= 0.3 is 0 Å². The van der Waals surface area contributed by atoms with Gasteiger partial charge in [0.25, 0.3) is 0 Å². The van der Waals surface area contributed by atoms with Crippen LogP contribution in [0.3, 0.4) is 0 Å². The normalized spacial score (nSPS) is 33.4. The Balaban J connectivity index is 1.43. The van der Waals surface area contributed by atoms with Crippen molar-refractivity contribution in [1.29, 1.82) is 0 Å². The summed E-state index contributed by atoms with van der Waals surface area (Å²) in [4.78, 5) is 5.10. The highest BCUT2D eigenvalue weighted by atomic mass is 16.3. The molecule has 0 amide bonds. The Bertz CT molecular complexity index is 524. The third-order valence-electron chi connectivity index (χ3n) is 7.74. The molecule has 4 heteroatoms. The molecular formula is C28H50N2O2. The lowest BCUT2D eigenvalue weighted by molar-refractivity contribution is 0.130. The van der Waals surface area contributed by atoms with Crippen molar-refractivity contribution in [3.63, 3.8) is 0 Å². The predicted octanol–water partition coefficient (Wildman–Crippen LogP) is 5.45. The van der Waals surface area contributed by atoms with Gasteiger partial charge in [-0.1, -0.05) is 61.8 Å². The van der Waals surface area contributed by atoms with Crippen LogP contribution >= 0.6 is 0 Å². The minimum Gasteiger partial charge on any atom is -0.393 e. The van der Waals surface area contributed by atoms with Crippen LogP contribution in [-0.4, -0.2) is 71.5 Å². The van der Waals surface area contributed by atoms with Crippen LogP contribution in [0.5, 0.6) is 0 Å². The Hall–Kier alpha value is -0.680. The van der Waals surface area contributed by atoms with E-state index in [4.69, 9.17) is 0 Å². The number of fused-ring (bicyclic) bond motifs is 4. The molecule has 2 unspecified atom stereocenters. The second kappa shape index (κ2) is 15.3. The van der Waals surface area contributed by atoms with Crippen LogP contribution in [0.25, 0.3) is 0 Å². The molecule has 3 rings (SSSR count). The first-order chi connectivity index (χ1) is 15.7. The van der Waals surface area contributed by atoms with Gasteiger partial charge < -0.3 is 10.2 Å². The van der Waals surface area contributed by atoms with Crippen molar-refractivity contribution in [2.75, 3.05) is 39.3 Å². The zero-order chi connectivity index (χ0) is 22.4. The van der Waals surface area contributed by atoms with E-state index in [0.717, 1.165) is 77.8 Å². The summed E-state index contributed by atoms with van der Waals surface area (Å²) < 4.78 is 0. The zero-order valence-electron chi connectivity index (χ0n) is 20.7. The van der Waals surface area contributed by atoms with Crippen LogP contribution in [0.4, 0.5) is 0 Å². The Morgan fingerprint density at radius 1 is 0.531 bits per heavy atom. The smallest absolute Gasteiger partial charge is 0.0552 e. The maximum Gasteiger partial charge on any atom is 0.0552 e. The maximum absolute atomic E-state index is 10.4. The lowest BCUT2D eigenvalue weighted by Gasteiger charge is -2.28. The van der Waals surface area contributed by atoms with E-state index in [1.54, 1.807) is 11.1 Å². The highest BCUT2D eigenvalue weighted by Gasteiger charge is 2.16. The number of hydrogen-bond acceptors (Lipinski definition) is 4. The van der Waals surface area contributed by atoms with Crippen molar-refractivity contribution in [1.82, 2.24) is 9.80 Å². The lowest BCUT2D eigenvalue weighted by atomic mass is 9.99. The molecule has 4 bridgehead atoms. The molecule has 0 aromatic carbocycles. The SMILES string of the molecule is O[C@@H]1CCCCCCC2=CCCN(CC[C@H](O)CCCCCCC3=CCCN(CC1)C3)C2. The Morgan fingerprint density at radius 3 is 1.44 bits per heavy atom. The van der Waals surface area contributed by atoms with Gasteiger partial charge in [0, 0.05) is 39.3 Å². The molecule has 0 saturated carbocycles. The quantitative estimate of drug-likeness (QED) is 0.486. The molecule has 32 heavy (non-hydrogen) atoms. The first-order valence-corrected chi connectivity index (χ1v) is 13.9. The van der Waals surface area contributed by atoms with Crippen LogP contribution in [-0.2, 0) is 0 Å². The number of nitrogens with zero attached hydrogens (tertiary/aromatic N) is 2. The second-order valence-corrected chi connectivity index (χ2v) is 10.6. The summed E-state index contributed by atoms with van der Waals surface area (Å²) in [5.74, 6) is 0. The summed E-state index contributed by atoms with van der Waals surface area (Å²) >= 11 is 0. The van der Waals surface area contributed by atoms with Crippen LogP contribution < -0.4 is 0 Å². The van der Waals surface area contributed by atoms with Gasteiger partial charge in [-0.3, -0.25) is 9.80 Å². The molecule has 3 aliphatic rings. The molecule has 0 aromatic heterocycles. The molecule has 0 aromatic rings. The van der Waals surface area contributed by atoms with Crippen LogP contribution in [0, 0.1) is 0 Å². The van der Waals surface area contributed by atoms with Gasteiger partial charge in [-0.25, -0.2) is 0 Å². The molecule has 0 spiro atoms. The summed E-state index contributed by atoms with van der Waals surface area (Å²) in [6, 6.07) is 0. The fraction of sp³-hybridized carbons (Fsp3) is 0.857. The Kier molecular flexibility index (Phi) is 12.4. The summed E-state index contributed by atoms with van der Waals surface area (Å²) in [6.45, 7) is 6.61. The van der Waals surface area contributed by atoms with Gasteiger partial charge in [0.2, 0.25) is 0 Å². The van der Waals surface area contributed by atoms with Gasteiger partial charge in [-0.2, -0.15) is 0 Å². The van der Waals surface area contributed by atoms with E-state index < -0.39 is 0 Å². The number of rotatable bonds is 0. The molecule has 0 aliphatic carbocycles. The number of aliphatic hydroxyl groups is 2. The third-order valence-corrected chi connectivity index (χ3v) is 7.74. The largest absolute Gasteiger partial charge is 0.393 e. The van der Waals surface area contributed by atoms with Crippen molar-refractivity contribution < 1.29 is 10.2 Å². The summed E-state index contributed by atoms with van der Waals surface area (Å²) in [6.07, 6.45) is 23.2. The highest BCUT2D eigenvalue weighted by Crippen LogP contribution is 2.21. The van der Waals surface area contributed by atoms with E-state index in [2.05, 4.69) is 22.0 Å². The van der Waals surface area contributed by atoms with E-state index >= 15 is 0 Å². The third kappa shape index (κ3) is 10.5. The van der Waals surface area contributed by atoms with Crippen molar-refractivity contribution in [3.05, 3.63) is 23.3 Å². The highest BCUT2D eigenvalue weighted by molar-refractivity contribution is 5.08. The summed E-state index contributed by atoms with van der Waals surface area (Å²) in [5, 5.41) is 20.9. The maximum atomic E-state index is 10.4. The summed E-state index contributed by atoms with van der Waals surface area (Å²) in [7, 11) is 0. The first kappa shape index (κ1) is 25.9. The standard InChI is InChI=1S/C28H50N2O2/c31-27-15-7-3-1-5-11-25-13-9-19-29(23-25)22-18-28(32)16-8-4-2-6-12-26-14-10-20-30(24-26)21-17-27/h13-14,27-28,31-32H,1-12,15-24H2/t27-,28-/m1/s1. The fourth-order valence-corrected chi connectivity index (χ4v) is 5.63. The van der Waals surface area contributed by atoms with E-state index in [-0.39, 0.29) is 12.2 Å². The zero-order valence-corrected chi connectivity index (χ0v) is 20.7. The fourth-order valence-electron chi connectivity index (χ4n) is 5.63. The van der Waals surface area contributed by atoms with Crippen LogP contribution in [0.15, 0.2) is 23.3 Å². The van der Waals surface area contributed by atoms with Gasteiger partial charge in [0.05, 0.1) is 12.2 Å². The van der Waals surface area contributed by atoms with Crippen LogP contribution in [0.1, 0.15) is 103 Å². The first-order valence-electron chi connectivity index (χ1n) is 13.9. The van der Waals surface area contributed by atoms with E-state index in [9.17, 15) is 10.2 Å². The van der Waals surface area contributed by atoms with Gasteiger partial charge in [-0.05, 0) is 64.2 Å². The lowest BCUT2D eigenvalue weighted by Crippen LogP contribution is -2.32. The van der Waals surface area contributed by atoms with Crippen molar-refractivity contribution >= 4 is 0 Å². The van der Waals surface area contributed by atoms with Crippen molar-refractivity contribution in [2.45, 2.75) is 115 Å². The molecule has 1 saturated heterocycles. The monoisotopic (exact) mass is 446 g/mol. The Labute approximate surface area is 197 Å². The Morgan fingerprint density at radius 2 is 0.969 bits per heavy atom. The van der Waals surface area contributed by atoms with Gasteiger partial charge in [0.1, 0.15) is 0 Å². The molecule has 4 nitrogen and oxygen atoms in total. The molecule has 3 heterocycles. The predicted molar refractivity (Wildman–Crippen MR) is 135 cm³/mol. The minimum absolute atomic E-state index is 0.125. The van der Waals surface area contributed by atoms with E-state index in [1.807, 2.05) is 0 Å². The van der Waals surface area contributed by atoms with E-state index in [0.29, 0.717) is 0 Å². The average molecular weight is 447 g/mol. The minimum atomic E-state index is -0.125. The molecule has 0 radical (unpaired) electrons. The van der Waals surface area contributed by atoms with Gasteiger partial charge in [-0.15, -0.1) is 0 Å². The molecule has 1 fully saturated rings. The van der Waals surface area contributed by atoms with Crippen molar-refractivity contribution in [2.24, 2.45) is 0 Å². The number of hydrogen-bond donors (Lipinski definition) is 2. The summed E-state index contributed by atoms with van der Waals surface area (Å²) in [5.41, 5.74) is 3.21. The second-order valence-electron chi connectivity index (χ2n) is 10.6. The molecule has 184 valence electrons. The molecule has 2 N–H and O–H groups in total. The molecule has 4 atom stereocenters. The van der Waals surface area contributed by atoms with Crippen LogP contribution in [0.2, 0.25) is 0 Å². The topological polar surface area (TPSA) is 46.9 Å². The molecule has 3 aliphatic heterocycles. The van der Waals surface area contributed by atoms with Gasteiger partial charge in [0.15, 0.2) is 0 Å². The molecular weight excluding hydrogens is 396 g/mol. The number of aliphatic hydroxyl groups excluding tert-OH is 2. The average Bonchev–Trinajstić information content (AvgIpc) is 2.81.